The van der Waals surface area contributed by atoms with Gasteiger partial charge in [-0.1, -0.05) is 31.4 Å². The fraction of sp³-hybridized carbons (Fsp3) is 0.733. The molecule has 0 aliphatic heterocycles. The van der Waals surface area contributed by atoms with Gasteiger partial charge in [0.25, 0.3) is 5.56 Å². The Labute approximate surface area is 131 Å². The Kier molecular flexibility index (Phi) is 5.65. The monoisotopic (exact) mass is 312 g/mol. The van der Waals surface area contributed by atoms with Gasteiger partial charge in [0.05, 0.1) is 11.9 Å². The molecule has 21 heavy (non-hydrogen) atoms. The van der Waals surface area contributed by atoms with E-state index in [2.05, 4.69) is 16.9 Å². The predicted octanol–water partition coefficient (Wildman–Crippen LogP) is 2.26. The van der Waals surface area contributed by atoms with Crippen molar-refractivity contribution >= 4 is 17.3 Å². The molecule has 1 fully saturated rings. The lowest BCUT2D eigenvalue weighted by Gasteiger charge is -2.31. The van der Waals surface area contributed by atoms with Crippen molar-refractivity contribution in [3.8, 4) is 0 Å². The van der Waals surface area contributed by atoms with E-state index in [1.54, 1.807) is 6.20 Å². The summed E-state index contributed by atoms with van der Waals surface area (Å²) in [5.74, 6) is 0.466. The summed E-state index contributed by atoms with van der Waals surface area (Å²) < 4.78 is 1.46. The molecule has 2 unspecified atom stereocenters. The third-order valence-electron chi connectivity index (χ3n) is 4.49. The predicted molar refractivity (Wildman–Crippen MR) is 87.0 cm³/mol. The summed E-state index contributed by atoms with van der Waals surface area (Å²) in [5, 5.41) is 4.54. The Morgan fingerprint density at radius 1 is 1.52 bits per heavy atom. The first-order valence-electron chi connectivity index (χ1n) is 7.78. The second kappa shape index (κ2) is 7.27. The molecule has 1 aromatic rings. The van der Waals surface area contributed by atoms with E-state index in [1.165, 1.54) is 11.1 Å². The molecule has 0 aromatic carbocycles. The van der Waals surface area contributed by atoms with Crippen LogP contribution in [-0.4, -0.2) is 29.4 Å². The van der Waals surface area contributed by atoms with Crippen molar-refractivity contribution in [1.29, 1.82) is 0 Å². The van der Waals surface area contributed by atoms with E-state index in [1.807, 2.05) is 7.05 Å². The van der Waals surface area contributed by atoms with Crippen LogP contribution in [0.2, 0.25) is 5.02 Å². The molecule has 0 saturated heterocycles. The molecule has 1 aliphatic rings. The van der Waals surface area contributed by atoms with Gasteiger partial charge in [-0.25, -0.2) is 4.68 Å². The lowest BCUT2D eigenvalue weighted by Crippen LogP contribution is -2.39. The van der Waals surface area contributed by atoms with Crippen LogP contribution in [0.4, 0.5) is 5.69 Å². The molecule has 0 bridgehead atoms. The molecule has 5 nitrogen and oxygen atoms in total. The highest BCUT2D eigenvalue weighted by atomic mass is 35.5. The Bertz CT molecular complexity index is 531. The van der Waals surface area contributed by atoms with Crippen molar-refractivity contribution in [1.82, 2.24) is 9.78 Å². The summed E-state index contributed by atoms with van der Waals surface area (Å²) in [6.45, 7) is 3.38. The number of rotatable bonds is 6. The Balaban J connectivity index is 2.24. The SMILES string of the molecule is CCCCn1ncc(N(C)C2CCCC2CN)c(Cl)c1=O. The van der Waals surface area contributed by atoms with Crippen LogP contribution >= 0.6 is 11.6 Å². The van der Waals surface area contributed by atoms with Gasteiger partial charge in [-0.15, -0.1) is 0 Å². The van der Waals surface area contributed by atoms with Gasteiger partial charge in [-0.3, -0.25) is 4.79 Å². The van der Waals surface area contributed by atoms with Gasteiger partial charge in [-0.05, 0) is 31.7 Å². The fourth-order valence-electron chi connectivity index (χ4n) is 3.15. The molecule has 2 rings (SSSR count). The van der Waals surface area contributed by atoms with Crippen molar-refractivity contribution in [2.45, 2.75) is 51.6 Å². The van der Waals surface area contributed by atoms with Crippen LogP contribution in [0, 0.1) is 5.92 Å². The number of unbranched alkanes of at least 4 members (excludes halogenated alkanes) is 1. The smallest absolute Gasteiger partial charge is 0.287 e. The summed E-state index contributed by atoms with van der Waals surface area (Å²) in [4.78, 5) is 14.4. The fourth-order valence-corrected chi connectivity index (χ4v) is 3.43. The first-order valence-corrected chi connectivity index (χ1v) is 8.16. The van der Waals surface area contributed by atoms with Crippen LogP contribution < -0.4 is 16.2 Å². The molecule has 1 aliphatic carbocycles. The van der Waals surface area contributed by atoms with Gasteiger partial charge < -0.3 is 10.6 Å². The molecule has 0 amide bonds. The molecule has 118 valence electrons. The van der Waals surface area contributed by atoms with Crippen LogP contribution in [0.15, 0.2) is 11.0 Å². The maximum Gasteiger partial charge on any atom is 0.287 e. The van der Waals surface area contributed by atoms with Gasteiger partial charge in [0.1, 0.15) is 5.02 Å². The molecule has 1 heterocycles. The number of nitrogens with two attached hydrogens (primary N) is 1. The highest BCUT2D eigenvalue weighted by Crippen LogP contribution is 2.33. The number of hydrogen-bond donors (Lipinski definition) is 1. The zero-order valence-corrected chi connectivity index (χ0v) is 13.6. The molecule has 1 saturated carbocycles. The lowest BCUT2D eigenvalue weighted by atomic mass is 10.0. The highest BCUT2D eigenvalue weighted by Gasteiger charge is 2.31. The third-order valence-corrected chi connectivity index (χ3v) is 4.84. The Morgan fingerprint density at radius 3 is 2.95 bits per heavy atom. The van der Waals surface area contributed by atoms with E-state index in [9.17, 15) is 4.79 Å². The third kappa shape index (κ3) is 3.40. The second-order valence-corrected chi connectivity index (χ2v) is 6.21. The minimum atomic E-state index is -0.197. The molecule has 2 atom stereocenters. The van der Waals surface area contributed by atoms with Crippen molar-refractivity contribution < 1.29 is 0 Å². The van der Waals surface area contributed by atoms with Crippen molar-refractivity contribution in [3.05, 3.63) is 21.6 Å². The van der Waals surface area contributed by atoms with E-state index in [4.69, 9.17) is 17.3 Å². The van der Waals surface area contributed by atoms with Crippen LogP contribution in [0.5, 0.6) is 0 Å². The van der Waals surface area contributed by atoms with Crippen LogP contribution in [0.1, 0.15) is 39.0 Å². The normalized spacial score (nSPS) is 21.7. The summed E-state index contributed by atoms with van der Waals surface area (Å²) in [6, 6.07) is 0.347. The van der Waals surface area contributed by atoms with Crippen LogP contribution in [0.3, 0.4) is 0 Å². The Hall–Kier alpha value is -1.07. The van der Waals surface area contributed by atoms with E-state index in [0.29, 0.717) is 25.0 Å². The van der Waals surface area contributed by atoms with Gasteiger partial charge in [0.2, 0.25) is 0 Å². The molecule has 1 aromatic heterocycles. The lowest BCUT2D eigenvalue weighted by molar-refractivity contribution is 0.472. The minimum absolute atomic E-state index is 0.197. The molecular weight excluding hydrogens is 288 g/mol. The molecule has 0 radical (unpaired) electrons. The number of aryl methyl sites for hydroxylation is 1. The average Bonchev–Trinajstić information content (AvgIpc) is 2.96. The highest BCUT2D eigenvalue weighted by molar-refractivity contribution is 6.33. The summed E-state index contributed by atoms with van der Waals surface area (Å²) in [7, 11) is 1.98. The zero-order valence-electron chi connectivity index (χ0n) is 12.9. The van der Waals surface area contributed by atoms with Crippen molar-refractivity contribution in [2.24, 2.45) is 11.7 Å². The number of hydrogen-bond acceptors (Lipinski definition) is 4. The van der Waals surface area contributed by atoms with Crippen LogP contribution in [0.25, 0.3) is 0 Å². The van der Waals surface area contributed by atoms with Gasteiger partial charge in [0.15, 0.2) is 0 Å². The quantitative estimate of drug-likeness (QED) is 0.875. The zero-order chi connectivity index (χ0) is 15.4. The standard InChI is InChI=1S/C15H25ClN4O/c1-3-4-8-20-15(21)14(16)13(10-18-20)19(2)12-7-5-6-11(12)9-17/h10-12H,3-9,17H2,1-2H3. The van der Waals surface area contributed by atoms with Crippen LogP contribution in [-0.2, 0) is 6.54 Å². The largest absolute Gasteiger partial charge is 0.369 e. The number of nitrogens with zero attached hydrogens (tertiary/aromatic N) is 3. The summed E-state index contributed by atoms with van der Waals surface area (Å²) in [6.07, 6.45) is 7.07. The van der Waals surface area contributed by atoms with Crippen molar-refractivity contribution in [2.75, 3.05) is 18.5 Å². The molecule has 0 spiro atoms. The summed E-state index contributed by atoms with van der Waals surface area (Å²) in [5.41, 5.74) is 6.37. The number of anilines is 1. The average molecular weight is 313 g/mol. The molecule has 2 N–H and O–H groups in total. The maximum atomic E-state index is 12.3. The topological polar surface area (TPSA) is 64.2 Å². The van der Waals surface area contributed by atoms with E-state index in [0.717, 1.165) is 31.4 Å². The molecular formula is C15H25ClN4O. The van der Waals surface area contributed by atoms with Gasteiger partial charge >= 0.3 is 0 Å². The number of aromatic nitrogens is 2. The second-order valence-electron chi connectivity index (χ2n) is 5.83. The minimum Gasteiger partial charge on any atom is -0.369 e. The van der Waals surface area contributed by atoms with E-state index >= 15 is 0 Å². The van der Waals surface area contributed by atoms with Crippen molar-refractivity contribution in [3.63, 3.8) is 0 Å². The summed E-state index contributed by atoms with van der Waals surface area (Å²) >= 11 is 6.30. The van der Waals surface area contributed by atoms with Gasteiger partial charge in [0, 0.05) is 19.6 Å². The van der Waals surface area contributed by atoms with Gasteiger partial charge in [-0.2, -0.15) is 5.10 Å². The first kappa shape index (κ1) is 16.3. The van der Waals surface area contributed by atoms with E-state index in [-0.39, 0.29) is 10.6 Å². The molecule has 6 heteroatoms. The Morgan fingerprint density at radius 2 is 2.29 bits per heavy atom. The first-order chi connectivity index (χ1) is 10.1. The van der Waals surface area contributed by atoms with E-state index < -0.39 is 0 Å². The maximum absolute atomic E-state index is 12.3. The number of halogens is 1.